The molecule has 0 aliphatic carbocycles. The van der Waals surface area contributed by atoms with Crippen LogP contribution in [0.15, 0.2) is 18.2 Å². The van der Waals surface area contributed by atoms with Crippen molar-refractivity contribution in [2.24, 2.45) is 0 Å². The number of carbonyl (C=O) groups excluding carboxylic acids is 1. The topological polar surface area (TPSA) is 51.7 Å². The van der Waals surface area contributed by atoms with Gasteiger partial charge in [-0.1, -0.05) is 25.5 Å². The van der Waals surface area contributed by atoms with Crippen molar-refractivity contribution >= 4 is 17.2 Å². The predicted octanol–water partition coefficient (Wildman–Crippen LogP) is 4.23. The minimum Gasteiger partial charge on any atom is -0.486 e. The van der Waals surface area contributed by atoms with E-state index in [1.54, 1.807) is 0 Å². The standard InChI is InChI=1S/C20H26N2O3S/c1-4-6-10-17-21-14(3)19(26-17)20(23)22(5-2)13-15-8-7-9-16-18(15)25-12-11-24-16/h7-9H,4-6,10-13H2,1-3H3. The summed E-state index contributed by atoms with van der Waals surface area (Å²) in [5, 5.41) is 1.05. The number of hydrogen-bond acceptors (Lipinski definition) is 5. The van der Waals surface area contributed by atoms with Gasteiger partial charge in [0.05, 0.1) is 10.7 Å². The molecule has 0 radical (unpaired) electrons. The zero-order valence-electron chi connectivity index (χ0n) is 15.7. The molecule has 0 N–H and O–H groups in total. The van der Waals surface area contributed by atoms with Crippen LogP contribution in [0.4, 0.5) is 0 Å². The summed E-state index contributed by atoms with van der Waals surface area (Å²) < 4.78 is 11.4. The molecule has 1 aliphatic heterocycles. The van der Waals surface area contributed by atoms with Gasteiger partial charge < -0.3 is 14.4 Å². The molecule has 0 saturated carbocycles. The number of aryl methyl sites for hydroxylation is 2. The molecule has 2 aromatic rings. The van der Waals surface area contributed by atoms with Crippen molar-refractivity contribution in [1.82, 2.24) is 9.88 Å². The fraction of sp³-hybridized carbons (Fsp3) is 0.500. The quantitative estimate of drug-likeness (QED) is 0.728. The van der Waals surface area contributed by atoms with E-state index in [4.69, 9.17) is 9.47 Å². The Bertz CT molecular complexity index is 772. The number of hydrogen-bond donors (Lipinski definition) is 0. The monoisotopic (exact) mass is 374 g/mol. The number of benzene rings is 1. The van der Waals surface area contributed by atoms with Gasteiger partial charge in [0.2, 0.25) is 0 Å². The molecule has 1 aromatic carbocycles. The summed E-state index contributed by atoms with van der Waals surface area (Å²) in [6.45, 7) is 8.33. The molecule has 0 spiro atoms. The molecule has 3 rings (SSSR count). The molecule has 1 aliphatic rings. The highest BCUT2D eigenvalue weighted by Crippen LogP contribution is 2.34. The van der Waals surface area contributed by atoms with E-state index >= 15 is 0 Å². The maximum absolute atomic E-state index is 13.1. The number of fused-ring (bicyclic) bond motifs is 1. The van der Waals surface area contributed by atoms with E-state index in [0.717, 1.165) is 51.9 Å². The summed E-state index contributed by atoms with van der Waals surface area (Å²) >= 11 is 1.53. The Morgan fingerprint density at radius 1 is 1.27 bits per heavy atom. The van der Waals surface area contributed by atoms with E-state index in [9.17, 15) is 4.79 Å². The van der Waals surface area contributed by atoms with Gasteiger partial charge in [-0.25, -0.2) is 4.98 Å². The van der Waals surface area contributed by atoms with Crippen molar-refractivity contribution in [3.63, 3.8) is 0 Å². The fourth-order valence-electron chi connectivity index (χ4n) is 3.02. The Morgan fingerprint density at radius 3 is 2.85 bits per heavy atom. The molecule has 1 aromatic heterocycles. The third-order valence-electron chi connectivity index (χ3n) is 4.46. The van der Waals surface area contributed by atoms with Gasteiger partial charge in [-0.2, -0.15) is 0 Å². The van der Waals surface area contributed by atoms with Crippen molar-refractivity contribution in [2.45, 2.75) is 46.6 Å². The molecule has 140 valence electrons. The van der Waals surface area contributed by atoms with Crippen LogP contribution in [-0.4, -0.2) is 35.5 Å². The van der Waals surface area contributed by atoms with Crippen molar-refractivity contribution in [3.05, 3.63) is 39.3 Å². The largest absolute Gasteiger partial charge is 0.486 e. The van der Waals surface area contributed by atoms with E-state index in [2.05, 4.69) is 11.9 Å². The molecule has 1 amide bonds. The summed E-state index contributed by atoms with van der Waals surface area (Å²) in [7, 11) is 0. The number of rotatable bonds is 7. The molecule has 2 heterocycles. The van der Waals surface area contributed by atoms with E-state index in [0.29, 0.717) is 26.3 Å². The number of ether oxygens (including phenoxy) is 2. The normalized spacial score (nSPS) is 12.9. The highest BCUT2D eigenvalue weighted by atomic mass is 32.1. The van der Waals surface area contributed by atoms with Gasteiger partial charge >= 0.3 is 0 Å². The Labute approximate surface area is 159 Å². The maximum Gasteiger partial charge on any atom is 0.266 e. The Balaban J connectivity index is 1.79. The second-order valence-electron chi connectivity index (χ2n) is 6.39. The van der Waals surface area contributed by atoms with Crippen molar-refractivity contribution in [2.75, 3.05) is 19.8 Å². The van der Waals surface area contributed by atoms with Crippen LogP contribution in [0.3, 0.4) is 0 Å². The van der Waals surface area contributed by atoms with Crippen LogP contribution in [0.25, 0.3) is 0 Å². The number of carbonyl (C=O) groups is 1. The van der Waals surface area contributed by atoms with E-state index < -0.39 is 0 Å². The lowest BCUT2D eigenvalue weighted by atomic mass is 10.1. The van der Waals surface area contributed by atoms with Crippen LogP contribution in [0.1, 0.15) is 52.6 Å². The van der Waals surface area contributed by atoms with Gasteiger partial charge in [0.25, 0.3) is 5.91 Å². The second kappa shape index (κ2) is 8.54. The molecule has 6 heteroatoms. The first-order valence-electron chi connectivity index (χ1n) is 9.27. The first-order valence-corrected chi connectivity index (χ1v) is 10.1. The van der Waals surface area contributed by atoms with Crippen molar-refractivity contribution < 1.29 is 14.3 Å². The van der Waals surface area contributed by atoms with Crippen LogP contribution in [-0.2, 0) is 13.0 Å². The van der Waals surface area contributed by atoms with Crippen LogP contribution < -0.4 is 9.47 Å². The number of amides is 1. The van der Waals surface area contributed by atoms with Crippen molar-refractivity contribution in [1.29, 1.82) is 0 Å². The predicted molar refractivity (Wildman–Crippen MR) is 103 cm³/mol. The molecule has 5 nitrogen and oxygen atoms in total. The average molecular weight is 375 g/mol. The van der Waals surface area contributed by atoms with Gasteiger partial charge in [0.15, 0.2) is 11.5 Å². The number of nitrogens with zero attached hydrogens (tertiary/aromatic N) is 2. The van der Waals surface area contributed by atoms with Gasteiger partial charge in [0.1, 0.15) is 18.1 Å². The Hall–Kier alpha value is -2.08. The van der Waals surface area contributed by atoms with Gasteiger partial charge in [-0.3, -0.25) is 4.79 Å². The molecule has 0 saturated heterocycles. The van der Waals surface area contributed by atoms with Crippen LogP contribution in [0.2, 0.25) is 0 Å². The zero-order valence-corrected chi connectivity index (χ0v) is 16.5. The summed E-state index contributed by atoms with van der Waals surface area (Å²) in [6, 6.07) is 5.85. The lowest BCUT2D eigenvalue weighted by molar-refractivity contribution is 0.0753. The lowest BCUT2D eigenvalue weighted by Gasteiger charge is -2.25. The minimum atomic E-state index is 0.0413. The fourth-order valence-corrected chi connectivity index (χ4v) is 4.10. The molecule has 0 unspecified atom stereocenters. The molecular formula is C20H26N2O3S. The van der Waals surface area contributed by atoms with Gasteiger partial charge in [-0.05, 0) is 32.8 Å². The van der Waals surface area contributed by atoms with Crippen molar-refractivity contribution in [3.8, 4) is 11.5 Å². The number of thiazole rings is 1. The van der Waals surface area contributed by atoms with E-state index in [1.165, 1.54) is 11.3 Å². The number of aromatic nitrogens is 1. The van der Waals surface area contributed by atoms with E-state index in [-0.39, 0.29) is 5.91 Å². The lowest BCUT2D eigenvalue weighted by Crippen LogP contribution is -2.30. The molecule has 0 fully saturated rings. The van der Waals surface area contributed by atoms with Crippen LogP contribution >= 0.6 is 11.3 Å². The molecule has 0 bridgehead atoms. The Morgan fingerprint density at radius 2 is 2.08 bits per heavy atom. The minimum absolute atomic E-state index is 0.0413. The second-order valence-corrected chi connectivity index (χ2v) is 7.47. The molecule has 26 heavy (non-hydrogen) atoms. The number of unbranched alkanes of at least 4 members (excludes halogenated alkanes) is 1. The summed E-state index contributed by atoms with van der Waals surface area (Å²) in [4.78, 5) is 20.3. The highest BCUT2D eigenvalue weighted by molar-refractivity contribution is 7.13. The summed E-state index contributed by atoms with van der Waals surface area (Å²) in [5.41, 5.74) is 1.81. The van der Waals surface area contributed by atoms with Gasteiger partial charge in [0, 0.05) is 18.7 Å². The molecular weight excluding hydrogens is 348 g/mol. The zero-order chi connectivity index (χ0) is 18.5. The number of para-hydroxylation sites is 1. The van der Waals surface area contributed by atoms with Crippen LogP contribution in [0, 0.1) is 6.92 Å². The summed E-state index contributed by atoms with van der Waals surface area (Å²) in [5.74, 6) is 1.56. The van der Waals surface area contributed by atoms with E-state index in [1.807, 2.05) is 36.9 Å². The third-order valence-corrected chi connectivity index (χ3v) is 5.66. The smallest absolute Gasteiger partial charge is 0.266 e. The summed E-state index contributed by atoms with van der Waals surface area (Å²) in [6.07, 6.45) is 3.18. The average Bonchev–Trinajstić information content (AvgIpc) is 3.04. The molecule has 0 atom stereocenters. The first kappa shape index (κ1) is 18.7. The van der Waals surface area contributed by atoms with Crippen LogP contribution in [0.5, 0.6) is 11.5 Å². The highest BCUT2D eigenvalue weighted by Gasteiger charge is 2.23. The SMILES string of the molecule is CCCCc1nc(C)c(C(=O)N(CC)Cc2cccc3c2OCCO3)s1. The van der Waals surface area contributed by atoms with Gasteiger partial charge in [-0.15, -0.1) is 11.3 Å². The first-order chi connectivity index (χ1) is 12.6. The Kier molecular flexibility index (Phi) is 6.14. The maximum atomic E-state index is 13.1. The third kappa shape index (κ3) is 4.01.